The van der Waals surface area contributed by atoms with Crippen LogP contribution in [0, 0.1) is 0 Å². The Hall–Kier alpha value is -2.50. The molecular formula is C19H17ClF2N4O3S2. The molecule has 0 aliphatic heterocycles. The van der Waals surface area contributed by atoms with E-state index < -0.39 is 20.5 Å². The number of anilines is 1. The molecule has 0 unspecified atom stereocenters. The van der Waals surface area contributed by atoms with Crippen LogP contribution in [0.25, 0.3) is 11.4 Å². The highest BCUT2D eigenvalue weighted by molar-refractivity contribution is 7.99. The Morgan fingerprint density at radius 1 is 1.13 bits per heavy atom. The third-order valence-corrected chi connectivity index (χ3v) is 6.79. The van der Waals surface area contributed by atoms with Crippen molar-refractivity contribution in [1.29, 1.82) is 0 Å². The molecule has 0 saturated carbocycles. The molecule has 31 heavy (non-hydrogen) atoms. The lowest BCUT2D eigenvalue weighted by atomic mass is 10.2. The number of halogens is 3. The van der Waals surface area contributed by atoms with E-state index in [0.29, 0.717) is 22.5 Å². The molecule has 0 fully saturated rings. The second-order valence-electron chi connectivity index (χ2n) is 6.22. The first-order chi connectivity index (χ1) is 14.7. The Bertz CT molecular complexity index is 1170. The topological polar surface area (TPSA) is 94.0 Å². The van der Waals surface area contributed by atoms with Crippen LogP contribution in [0.1, 0.15) is 6.92 Å². The summed E-state index contributed by atoms with van der Waals surface area (Å²) < 4.78 is 49.9. The molecule has 1 heterocycles. The molecular weight excluding hydrogens is 470 g/mol. The van der Waals surface area contributed by atoms with Gasteiger partial charge in [0.05, 0.1) is 10.6 Å². The summed E-state index contributed by atoms with van der Waals surface area (Å²) in [5, 5.41) is 12.1. The molecule has 3 rings (SSSR count). The minimum Gasteiger partial charge on any atom is -0.325 e. The van der Waals surface area contributed by atoms with Gasteiger partial charge >= 0.3 is 5.76 Å². The average molecular weight is 487 g/mol. The molecule has 0 saturated heterocycles. The lowest BCUT2D eigenvalue weighted by Crippen LogP contribution is -2.15. The second kappa shape index (κ2) is 9.75. The van der Waals surface area contributed by atoms with Gasteiger partial charge in [-0.05, 0) is 55.5 Å². The van der Waals surface area contributed by atoms with Crippen LogP contribution in [0.15, 0.2) is 58.6 Å². The van der Waals surface area contributed by atoms with E-state index in [2.05, 4.69) is 15.5 Å². The predicted molar refractivity (Wildman–Crippen MR) is 115 cm³/mol. The minimum absolute atomic E-state index is 0.0236. The number of hydrogen-bond acceptors (Lipinski definition) is 6. The molecule has 0 atom stereocenters. The van der Waals surface area contributed by atoms with E-state index in [1.54, 1.807) is 12.1 Å². The summed E-state index contributed by atoms with van der Waals surface area (Å²) in [6.45, 7) is 2.52. The van der Waals surface area contributed by atoms with Gasteiger partial charge in [0, 0.05) is 22.8 Å². The Kier molecular flexibility index (Phi) is 7.29. The molecule has 1 amide bonds. The zero-order valence-electron chi connectivity index (χ0n) is 16.1. The van der Waals surface area contributed by atoms with E-state index in [-0.39, 0.29) is 17.3 Å². The van der Waals surface area contributed by atoms with Gasteiger partial charge in [-0.15, -0.1) is 10.2 Å². The van der Waals surface area contributed by atoms with Crippen molar-refractivity contribution >= 4 is 44.8 Å². The number of rotatable bonds is 8. The molecule has 0 radical (unpaired) electrons. The van der Waals surface area contributed by atoms with Crippen LogP contribution in [0.2, 0.25) is 5.02 Å². The SMILES string of the molecule is CCn1c(SCC(=O)Nc2ccc(S(=O)(=O)C(F)F)cc2)nnc1-c1ccc(Cl)cc1. The van der Waals surface area contributed by atoms with E-state index in [9.17, 15) is 22.0 Å². The van der Waals surface area contributed by atoms with Crippen LogP contribution < -0.4 is 5.32 Å². The molecule has 0 aliphatic rings. The molecule has 164 valence electrons. The molecule has 1 N–H and O–H groups in total. The van der Waals surface area contributed by atoms with Crippen molar-refractivity contribution in [3.63, 3.8) is 0 Å². The monoisotopic (exact) mass is 486 g/mol. The summed E-state index contributed by atoms with van der Waals surface area (Å²) in [6.07, 6.45) is 0. The summed E-state index contributed by atoms with van der Waals surface area (Å²) in [7, 11) is -4.67. The van der Waals surface area contributed by atoms with Crippen molar-refractivity contribution in [2.24, 2.45) is 0 Å². The maximum atomic E-state index is 12.6. The van der Waals surface area contributed by atoms with Crippen LogP contribution in [0.5, 0.6) is 0 Å². The van der Waals surface area contributed by atoms with Crippen molar-refractivity contribution in [3.8, 4) is 11.4 Å². The van der Waals surface area contributed by atoms with Gasteiger partial charge in [-0.25, -0.2) is 8.42 Å². The average Bonchev–Trinajstić information content (AvgIpc) is 3.16. The quantitative estimate of drug-likeness (QED) is 0.476. The number of carbonyl (C=O) groups excluding carboxylic acids is 1. The zero-order chi connectivity index (χ0) is 22.6. The molecule has 2 aromatic carbocycles. The van der Waals surface area contributed by atoms with Crippen molar-refractivity contribution < 1.29 is 22.0 Å². The molecule has 0 bridgehead atoms. The summed E-state index contributed by atoms with van der Waals surface area (Å²) in [6, 6.07) is 11.7. The van der Waals surface area contributed by atoms with Gasteiger partial charge in [-0.2, -0.15) is 8.78 Å². The molecule has 7 nitrogen and oxygen atoms in total. The Morgan fingerprint density at radius 2 is 1.77 bits per heavy atom. The lowest BCUT2D eigenvalue weighted by molar-refractivity contribution is -0.113. The van der Waals surface area contributed by atoms with Crippen molar-refractivity contribution in [3.05, 3.63) is 53.6 Å². The van der Waals surface area contributed by atoms with Gasteiger partial charge in [-0.3, -0.25) is 4.79 Å². The number of amides is 1. The van der Waals surface area contributed by atoms with E-state index in [1.807, 2.05) is 23.6 Å². The number of sulfone groups is 1. The highest BCUT2D eigenvalue weighted by Gasteiger charge is 2.26. The Labute approximate surface area is 186 Å². The fraction of sp³-hybridized carbons (Fsp3) is 0.211. The first-order valence-electron chi connectivity index (χ1n) is 8.96. The normalized spacial score (nSPS) is 11.6. The van der Waals surface area contributed by atoms with E-state index in [0.717, 1.165) is 17.7 Å². The first-order valence-corrected chi connectivity index (χ1v) is 11.9. The van der Waals surface area contributed by atoms with E-state index >= 15 is 0 Å². The molecule has 1 aromatic heterocycles. The van der Waals surface area contributed by atoms with Crippen LogP contribution in [-0.4, -0.2) is 40.6 Å². The van der Waals surface area contributed by atoms with Gasteiger partial charge in [0.25, 0.3) is 0 Å². The maximum absolute atomic E-state index is 12.6. The van der Waals surface area contributed by atoms with Crippen molar-refractivity contribution in [2.45, 2.75) is 29.3 Å². The number of alkyl halides is 2. The van der Waals surface area contributed by atoms with Gasteiger partial charge in [0.2, 0.25) is 15.7 Å². The molecule has 0 spiro atoms. The fourth-order valence-electron chi connectivity index (χ4n) is 2.65. The Morgan fingerprint density at radius 3 is 2.35 bits per heavy atom. The number of nitrogens with zero attached hydrogens (tertiary/aromatic N) is 3. The number of hydrogen-bond donors (Lipinski definition) is 1. The van der Waals surface area contributed by atoms with Crippen molar-refractivity contribution in [1.82, 2.24) is 14.8 Å². The lowest BCUT2D eigenvalue weighted by Gasteiger charge is -2.08. The van der Waals surface area contributed by atoms with Gasteiger partial charge in [0.1, 0.15) is 0 Å². The summed E-state index contributed by atoms with van der Waals surface area (Å²) >= 11 is 7.10. The number of benzene rings is 2. The largest absolute Gasteiger partial charge is 0.341 e. The van der Waals surface area contributed by atoms with Crippen LogP contribution in [-0.2, 0) is 21.2 Å². The minimum atomic E-state index is -4.67. The number of carbonyl (C=O) groups is 1. The summed E-state index contributed by atoms with van der Waals surface area (Å²) in [4.78, 5) is 11.7. The third kappa shape index (κ3) is 5.41. The fourth-order valence-corrected chi connectivity index (χ4v) is 4.30. The van der Waals surface area contributed by atoms with Crippen LogP contribution >= 0.6 is 23.4 Å². The predicted octanol–water partition coefficient (Wildman–Crippen LogP) is 4.35. The van der Waals surface area contributed by atoms with Gasteiger partial charge in [0.15, 0.2) is 11.0 Å². The standard InChI is InChI=1S/C19H17ClF2N4O3S2/c1-2-26-17(12-3-5-13(20)6-4-12)24-25-19(26)30-11-16(27)23-14-7-9-15(10-8-14)31(28,29)18(21)22/h3-10,18H,2,11H2,1H3,(H,23,27). The zero-order valence-corrected chi connectivity index (χ0v) is 18.5. The van der Waals surface area contributed by atoms with Crippen molar-refractivity contribution in [2.75, 3.05) is 11.1 Å². The first kappa shape index (κ1) is 23.2. The maximum Gasteiger partial charge on any atom is 0.341 e. The highest BCUT2D eigenvalue weighted by Crippen LogP contribution is 2.25. The third-order valence-electron chi connectivity index (χ3n) is 4.17. The van der Waals surface area contributed by atoms with E-state index in [4.69, 9.17) is 11.6 Å². The molecule has 12 heteroatoms. The number of nitrogens with one attached hydrogen (secondary N) is 1. The van der Waals surface area contributed by atoms with Gasteiger partial charge in [-0.1, -0.05) is 23.4 Å². The molecule has 0 aliphatic carbocycles. The summed E-state index contributed by atoms with van der Waals surface area (Å²) in [5.41, 5.74) is 1.13. The summed E-state index contributed by atoms with van der Waals surface area (Å²) in [5.74, 6) is -3.19. The number of aromatic nitrogens is 3. The van der Waals surface area contributed by atoms with Crippen LogP contribution in [0.4, 0.5) is 14.5 Å². The van der Waals surface area contributed by atoms with Gasteiger partial charge < -0.3 is 9.88 Å². The smallest absolute Gasteiger partial charge is 0.325 e. The second-order valence-corrected chi connectivity index (χ2v) is 9.52. The number of thioether (sulfide) groups is 1. The van der Waals surface area contributed by atoms with Crippen LogP contribution in [0.3, 0.4) is 0 Å². The molecule has 3 aromatic rings. The van der Waals surface area contributed by atoms with E-state index in [1.165, 1.54) is 23.9 Å². The Balaban J connectivity index is 1.64. The highest BCUT2D eigenvalue weighted by atomic mass is 35.5.